The summed E-state index contributed by atoms with van der Waals surface area (Å²) in [6.45, 7) is 0. The molecule has 20 heavy (non-hydrogen) atoms. The summed E-state index contributed by atoms with van der Waals surface area (Å²) in [4.78, 5) is 8.52. The lowest BCUT2D eigenvalue weighted by molar-refractivity contribution is 0.417. The highest BCUT2D eigenvalue weighted by Gasteiger charge is 2.08. The molecule has 0 spiro atoms. The minimum atomic E-state index is 0.631. The van der Waals surface area contributed by atoms with Crippen molar-refractivity contribution in [2.45, 2.75) is 0 Å². The van der Waals surface area contributed by atoms with Crippen LogP contribution >= 0.6 is 11.6 Å². The molecule has 0 bridgehead atoms. The Kier molecular flexibility index (Phi) is 3.39. The Hall–Kier alpha value is -2.33. The Morgan fingerprint density at radius 2 is 1.95 bits per heavy atom. The first-order chi connectivity index (χ1) is 9.78. The van der Waals surface area contributed by atoms with Gasteiger partial charge in [-0.05, 0) is 30.3 Å². The van der Waals surface area contributed by atoms with E-state index in [2.05, 4.69) is 15.3 Å². The molecule has 0 radical (unpaired) electrons. The van der Waals surface area contributed by atoms with Gasteiger partial charge in [-0.1, -0.05) is 23.7 Å². The second-order valence-electron chi connectivity index (χ2n) is 4.21. The molecule has 1 N–H and O–H groups in total. The van der Waals surface area contributed by atoms with E-state index >= 15 is 0 Å². The maximum atomic E-state index is 6.03. The SMILES string of the molecule is COc1ccc(Cl)cc1Nc1ncnc2ccccc12. The molecular formula is C15H12ClN3O. The molecule has 0 saturated heterocycles. The third-order valence-electron chi connectivity index (χ3n) is 2.96. The fourth-order valence-electron chi connectivity index (χ4n) is 2.01. The molecule has 3 rings (SSSR count). The number of ether oxygens (including phenoxy) is 1. The van der Waals surface area contributed by atoms with Gasteiger partial charge < -0.3 is 10.1 Å². The number of methoxy groups -OCH3 is 1. The molecule has 0 aliphatic rings. The number of aromatic nitrogens is 2. The largest absolute Gasteiger partial charge is 0.495 e. The van der Waals surface area contributed by atoms with Gasteiger partial charge in [-0.3, -0.25) is 0 Å². The first-order valence-electron chi connectivity index (χ1n) is 6.08. The highest BCUT2D eigenvalue weighted by Crippen LogP contribution is 2.31. The monoisotopic (exact) mass is 285 g/mol. The fourth-order valence-corrected chi connectivity index (χ4v) is 2.18. The van der Waals surface area contributed by atoms with E-state index in [1.165, 1.54) is 6.33 Å². The van der Waals surface area contributed by atoms with E-state index in [0.29, 0.717) is 10.8 Å². The first-order valence-corrected chi connectivity index (χ1v) is 6.46. The van der Waals surface area contributed by atoms with Crippen molar-refractivity contribution in [3.8, 4) is 5.75 Å². The van der Waals surface area contributed by atoms with E-state index in [4.69, 9.17) is 16.3 Å². The maximum absolute atomic E-state index is 6.03. The van der Waals surface area contributed by atoms with Gasteiger partial charge in [-0.15, -0.1) is 0 Å². The molecule has 0 atom stereocenters. The molecule has 3 aromatic rings. The molecule has 5 heteroatoms. The van der Waals surface area contributed by atoms with Crippen LogP contribution in [0.1, 0.15) is 0 Å². The van der Waals surface area contributed by atoms with Gasteiger partial charge in [0.1, 0.15) is 17.9 Å². The molecule has 2 aromatic carbocycles. The van der Waals surface area contributed by atoms with Crippen molar-refractivity contribution >= 4 is 34.0 Å². The van der Waals surface area contributed by atoms with Gasteiger partial charge in [0, 0.05) is 10.4 Å². The molecule has 1 aromatic heterocycles. The standard InChI is InChI=1S/C15H12ClN3O/c1-20-14-7-6-10(16)8-13(14)19-15-11-4-2-3-5-12(11)17-9-18-15/h2-9H,1H3,(H,17,18,19). The zero-order valence-corrected chi connectivity index (χ0v) is 11.6. The number of nitrogens with one attached hydrogen (secondary N) is 1. The van der Waals surface area contributed by atoms with Crippen LogP contribution in [0.25, 0.3) is 10.9 Å². The lowest BCUT2D eigenvalue weighted by atomic mass is 10.2. The summed E-state index contributed by atoms with van der Waals surface area (Å²) < 4.78 is 5.32. The Bertz CT molecular complexity index is 756. The Morgan fingerprint density at radius 1 is 1.10 bits per heavy atom. The topological polar surface area (TPSA) is 47.0 Å². The number of hydrogen-bond acceptors (Lipinski definition) is 4. The van der Waals surface area contributed by atoms with Crippen LogP contribution in [-0.2, 0) is 0 Å². The third-order valence-corrected chi connectivity index (χ3v) is 3.19. The quantitative estimate of drug-likeness (QED) is 0.789. The second-order valence-corrected chi connectivity index (χ2v) is 4.65. The predicted molar refractivity (Wildman–Crippen MR) is 80.8 cm³/mol. The number of benzene rings is 2. The maximum Gasteiger partial charge on any atom is 0.142 e. The van der Waals surface area contributed by atoms with Gasteiger partial charge in [0.15, 0.2) is 0 Å². The van der Waals surface area contributed by atoms with Crippen LogP contribution in [0.4, 0.5) is 11.5 Å². The van der Waals surface area contributed by atoms with Crippen molar-refractivity contribution in [2.75, 3.05) is 12.4 Å². The summed E-state index contributed by atoms with van der Waals surface area (Å²) in [5.41, 5.74) is 1.65. The van der Waals surface area contributed by atoms with E-state index in [9.17, 15) is 0 Å². The molecule has 0 amide bonds. The van der Waals surface area contributed by atoms with Gasteiger partial charge in [-0.2, -0.15) is 0 Å². The molecule has 0 fully saturated rings. The van der Waals surface area contributed by atoms with Crippen LogP contribution in [-0.4, -0.2) is 17.1 Å². The van der Waals surface area contributed by atoms with Gasteiger partial charge in [0.2, 0.25) is 0 Å². The molecule has 0 aliphatic heterocycles. The molecule has 100 valence electrons. The van der Waals surface area contributed by atoms with Gasteiger partial charge in [0.05, 0.1) is 18.3 Å². The molecule has 0 saturated carbocycles. The van der Waals surface area contributed by atoms with Crippen molar-refractivity contribution in [1.82, 2.24) is 9.97 Å². The van der Waals surface area contributed by atoms with E-state index < -0.39 is 0 Å². The fraction of sp³-hybridized carbons (Fsp3) is 0.0667. The van der Waals surface area contributed by atoms with Crippen molar-refractivity contribution in [2.24, 2.45) is 0 Å². The minimum Gasteiger partial charge on any atom is -0.495 e. The minimum absolute atomic E-state index is 0.631. The lowest BCUT2D eigenvalue weighted by Crippen LogP contribution is -1.98. The van der Waals surface area contributed by atoms with E-state index in [-0.39, 0.29) is 0 Å². The number of fused-ring (bicyclic) bond motifs is 1. The second kappa shape index (κ2) is 5.35. The Balaban J connectivity index is 2.07. The summed E-state index contributed by atoms with van der Waals surface area (Å²) >= 11 is 6.03. The summed E-state index contributed by atoms with van der Waals surface area (Å²) in [6, 6.07) is 13.2. The number of nitrogens with zero attached hydrogens (tertiary/aromatic N) is 2. The predicted octanol–water partition coefficient (Wildman–Crippen LogP) is 4.04. The van der Waals surface area contributed by atoms with Crippen molar-refractivity contribution in [1.29, 1.82) is 0 Å². The molecule has 0 aliphatic carbocycles. The van der Waals surface area contributed by atoms with E-state index in [1.54, 1.807) is 19.2 Å². The number of halogens is 1. The highest BCUT2D eigenvalue weighted by molar-refractivity contribution is 6.31. The van der Waals surface area contributed by atoms with Crippen molar-refractivity contribution < 1.29 is 4.74 Å². The number of rotatable bonds is 3. The first kappa shape index (κ1) is 12.7. The average Bonchev–Trinajstić information content (AvgIpc) is 2.48. The molecular weight excluding hydrogens is 274 g/mol. The van der Waals surface area contributed by atoms with Gasteiger partial charge >= 0.3 is 0 Å². The van der Waals surface area contributed by atoms with Gasteiger partial charge in [0.25, 0.3) is 0 Å². The zero-order valence-electron chi connectivity index (χ0n) is 10.8. The summed E-state index contributed by atoms with van der Waals surface area (Å²) in [7, 11) is 1.62. The molecule has 4 nitrogen and oxygen atoms in total. The number of anilines is 2. The van der Waals surface area contributed by atoms with Crippen LogP contribution in [0.3, 0.4) is 0 Å². The van der Waals surface area contributed by atoms with Crippen LogP contribution < -0.4 is 10.1 Å². The van der Waals surface area contributed by atoms with Gasteiger partial charge in [-0.25, -0.2) is 9.97 Å². The smallest absolute Gasteiger partial charge is 0.142 e. The van der Waals surface area contributed by atoms with Crippen LogP contribution in [0.5, 0.6) is 5.75 Å². The Labute approximate surface area is 121 Å². The Morgan fingerprint density at radius 3 is 2.80 bits per heavy atom. The summed E-state index contributed by atoms with van der Waals surface area (Å²) in [6.07, 6.45) is 1.53. The lowest BCUT2D eigenvalue weighted by Gasteiger charge is -2.12. The van der Waals surface area contributed by atoms with E-state index in [0.717, 1.165) is 22.4 Å². The normalized spacial score (nSPS) is 10.5. The third kappa shape index (κ3) is 2.38. The molecule has 1 heterocycles. The molecule has 0 unspecified atom stereocenters. The summed E-state index contributed by atoms with van der Waals surface area (Å²) in [5, 5.41) is 4.82. The van der Waals surface area contributed by atoms with Crippen molar-refractivity contribution in [3.63, 3.8) is 0 Å². The highest BCUT2D eigenvalue weighted by atomic mass is 35.5. The van der Waals surface area contributed by atoms with E-state index in [1.807, 2.05) is 30.3 Å². The van der Waals surface area contributed by atoms with Crippen LogP contribution in [0.2, 0.25) is 5.02 Å². The summed E-state index contributed by atoms with van der Waals surface area (Å²) in [5.74, 6) is 1.42. The number of hydrogen-bond donors (Lipinski definition) is 1. The number of para-hydroxylation sites is 1. The van der Waals surface area contributed by atoms with Crippen LogP contribution in [0.15, 0.2) is 48.8 Å². The van der Waals surface area contributed by atoms with Crippen molar-refractivity contribution in [3.05, 3.63) is 53.8 Å². The average molecular weight is 286 g/mol. The zero-order chi connectivity index (χ0) is 13.9. The van der Waals surface area contributed by atoms with Crippen LogP contribution in [0, 0.1) is 0 Å².